The summed E-state index contributed by atoms with van der Waals surface area (Å²) in [5, 5.41) is 0. The SMILES string of the molecule is CCC1=CC=C(C)CC(CC)=C1. The van der Waals surface area contributed by atoms with E-state index < -0.39 is 0 Å². The van der Waals surface area contributed by atoms with Crippen molar-refractivity contribution in [2.24, 2.45) is 0 Å². The molecule has 1 rings (SSSR count). The average Bonchev–Trinajstić information content (AvgIpc) is 2.26. The summed E-state index contributed by atoms with van der Waals surface area (Å²) in [6.07, 6.45) is 10.3. The number of rotatable bonds is 2. The Kier molecular flexibility index (Phi) is 3.33. The third-order valence-electron chi connectivity index (χ3n) is 2.34. The van der Waals surface area contributed by atoms with E-state index in [9.17, 15) is 0 Å². The van der Waals surface area contributed by atoms with Gasteiger partial charge in [0.05, 0.1) is 0 Å². The molecule has 0 atom stereocenters. The lowest BCUT2D eigenvalue weighted by atomic mass is 10.0. The molecule has 0 spiro atoms. The second-order valence-electron chi connectivity index (χ2n) is 3.44. The van der Waals surface area contributed by atoms with Gasteiger partial charge in [-0.3, -0.25) is 0 Å². The van der Waals surface area contributed by atoms with Crippen LogP contribution in [0.25, 0.3) is 0 Å². The van der Waals surface area contributed by atoms with E-state index in [-0.39, 0.29) is 0 Å². The van der Waals surface area contributed by atoms with E-state index in [1.807, 2.05) is 0 Å². The minimum absolute atomic E-state index is 1.15. The third kappa shape index (κ3) is 2.37. The van der Waals surface area contributed by atoms with E-state index >= 15 is 0 Å². The van der Waals surface area contributed by atoms with Crippen LogP contribution in [0.2, 0.25) is 0 Å². The topological polar surface area (TPSA) is 0 Å². The molecule has 1 aliphatic carbocycles. The number of hydrogen-bond donors (Lipinski definition) is 0. The van der Waals surface area contributed by atoms with Gasteiger partial charge in [-0.2, -0.15) is 0 Å². The molecule has 66 valence electrons. The van der Waals surface area contributed by atoms with E-state index in [0.717, 1.165) is 12.8 Å². The molecule has 0 bridgehead atoms. The smallest absolute Gasteiger partial charge is 0.0105 e. The van der Waals surface area contributed by atoms with Crippen molar-refractivity contribution in [3.05, 3.63) is 34.9 Å². The average molecular weight is 162 g/mol. The maximum atomic E-state index is 2.35. The molecule has 0 aromatic carbocycles. The molecule has 0 nitrogen and oxygen atoms in total. The van der Waals surface area contributed by atoms with Crippen molar-refractivity contribution in [3.63, 3.8) is 0 Å². The normalized spacial score (nSPS) is 17.8. The van der Waals surface area contributed by atoms with Crippen molar-refractivity contribution >= 4 is 0 Å². The highest BCUT2D eigenvalue weighted by atomic mass is 14.1. The van der Waals surface area contributed by atoms with Crippen LogP contribution in [0.4, 0.5) is 0 Å². The Hall–Kier alpha value is -0.780. The molecular formula is C12H18. The monoisotopic (exact) mass is 162 g/mol. The Labute approximate surface area is 75.7 Å². The molecule has 1 aliphatic rings. The summed E-state index contributed by atoms with van der Waals surface area (Å²) in [5.74, 6) is 0. The summed E-state index contributed by atoms with van der Waals surface area (Å²) in [6, 6.07) is 0. The lowest BCUT2D eigenvalue weighted by Crippen LogP contribution is -1.82. The largest absolute Gasteiger partial charge is 0.0693 e. The van der Waals surface area contributed by atoms with Crippen molar-refractivity contribution in [1.82, 2.24) is 0 Å². The standard InChI is InChI=1S/C12H18/c1-4-11-7-6-10(3)8-12(5-2)9-11/h6-7,9H,4-5,8H2,1-3H3. The van der Waals surface area contributed by atoms with Crippen LogP contribution in [-0.2, 0) is 0 Å². The highest BCUT2D eigenvalue weighted by Crippen LogP contribution is 2.21. The fraction of sp³-hybridized carbons (Fsp3) is 0.500. The minimum Gasteiger partial charge on any atom is -0.0693 e. The summed E-state index contributed by atoms with van der Waals surface area (Å²) >= 11 is 0. The van der Waals surface area contributed by atoms with Crippen molar-refractivity contribution in [2.75, 3.05) is 0 Å². The van der Waals surface area contributed by atoms with Gasteiger partial charge in [-0.05, 0) is 31.8 Å². The van der Waals surface area contributed by atoms with Gasteiger partial charge in [0.15, 0.2) is 0 Å². The fourth-order valence-corrected chi connectivity index (χ4v) is 1.47. The molecule has 0 heteroatoms. The van der Waals surface area contributed by atoms with E-state index in [4.69, 9.17) is 0 Å². The molecule has 0 amide bonds. The first-order valence-electron chi connectivity index (χ1n) is 4.82. The van der Waals surface area contributed by atoms with Crippen molar-refractivity contribution in [1.29, 1.82) is 0 Å². The van der Waals surface area contributed by atoms with Gasteiger partial charge >= 0.3 is 0 Å². The molecule has 0 fully saturated rings. The van der Waals surface area contributed by atoms with Gasteiger partial charge in [0.25, 0.3) is 0 Å². The van der Waals surface area contributed by atoms with E-state index in [0.29, 0.717) is 0 Å². The van der Waals surface area contributed by atoms with Crippen molar-refractivity contribution < 1.29 is 0 Å². The molecule has 0 saturated carbocycles. The summed E-state index contributed by atoms with van der Waals surface area (Å²) in [7, 11) is 0. The second kappa shape index (κ2) is 4.30. The maximum Gasteiger partial charge on any atom is -0.0105 e. The number of allylic oxidation sites excluding steroid dienone is 6. The van der Waals surface area contributed by atoms with Gasteiger partial charge in [-0.15, -0.1) is 0 Å². The van der Waals surface area contributed by atoms with Crippen LogP contribution in [-0.4, -0.2) is 0 Å². The Morgan fingerprint density at radius 3 is 2.50 bits per heavy atom. The first kappa shape index (κ1) is 9.31. The van der Waals surface area contributed by atoms with Crippen LogP contribution in [0.3, 0.4) is 0 Å². The molecule has 0 unspecified atom stereocenters. The predicted molar refractivity (Wildman–Crippen MR) is 55.1 cm³/mol. The van der Waals surface area contributed by atoms with Crippen LogP contribution >= 0.6 is 0 Å². The molecule has 0 heterocycles. The van der Waals surface area contributed by atoms with Crippen LogP contribution in [0.15, 0.2) is 34.9 Å². The quantitative estimate of drug-likeness (QED) is 0.575. The zero-order valence-corrected chi connectivity index (χ0v) is 8.35. The van der Waals surface area contributed by atoms with Crippen molar-refractivity contribution in [2.45, 2.75) is 40.0 Å². The van der Waals surface area contributed by atoms with Crippen molar-refractivity contribution in [3.8, 4) is 0 Å². The first-order chi connectivity index (χ1) is 5.76. The molecule has 0 N–H and O–H groups in total. The highest BCUT2D eigenvalue weighted by Gasteiger charge is 2.01. The summed E-state index contributed by atoms with van der Waals surface area (Å²) in [5.41, 5.74) is 4.50. The lowest BCUT2D eigenvalue weighted by molar-refractivity contribution is 0.986. The Balaban J connectivity index is 2.87. The van der Waals surface area contributed by atoms with Gasteiger partial charge in [0.2, 0.25) is 0 Å². The Bertz CT molecular complexity index is 239. The lowest BCUT2D eigenvalue weighted by Gasteiger charge is -2.02. The molecular weight excluding hydrogens is 144 g/mol. The van der Waals surface area contributed by atoms with E-state index in [1.165, 1.54) is 17.6 Å². The summed E-state index contributed by atoms with van der Waals surface area (Å²) in [6.45, 7) is 6.65. The van der Waals surface area contributed by atoms with E-state index in [2.05, 4.69) is 39.0 Å². The van der Waals surface area contributed by atoms with Gasteiger partial charge in [0.1, 0.15) is 0 Å². The second-order valence-corrected chi connectivity index (χ2v) is 3.44. The Morgan fingerprint density at radius 1 is 1.17 bits per heavy atom. The van der Waals surface area contributed by atoms with Gasteiger partial charge in [-0.1, -0.05) is 43.2 Å². The maximum absolute atomic E-state index is 2.35. The molecule has 0 aromatic heterocycles. The predicted octanol–water partition coefficient (Wildman–Crippen LogP) is 4.01. The highest BCUT2D eigenvalue weighted by molar-refractivity contribution is 5.34. The third-order valence-corrected chi connectivity index (χ3v) is 2.34. The molecule has 0 radical (unpaired) electrons. The minimum atomic E-state index is 1.15. The summed E-state index contributed by atoms with van der Waals surface area (Å²) in [4.78, 5) is 0. The Morgan fingerprint density at radius 2 is 1.92 bits per heavy atom. The molecule has 12 heavy (non-hydrogen) atoms. The zero-order valence-electron chi connectivity index (χ0n) is 8.35. The summed E-state index contributed by atoms with van der Waals surface area (Å²) < 4.78 is 0. The van der Waals surface area contributed by atoms with Gasteiger partial charge in [0, 0.05) is 0 Å². The number of hydrogen-bond acceptors (Lipinski definition) is 0. The van der Waals surface area contributed by atoms with E-state index in [1.54, 1.807) is 5.57 Å². The van der Waals surface area contributed by atoms with Crippen LogP contribution in [0.5, 0.6) is 0 Å². The fourth-order valence-electron chi connectivity index (χ4n) is 1.47. The van der Waals surface area contributed by atoms with Gasteiger partial charge < -0.3 is 0 Å². The first-order valence-corrected chi connectivity index (χ1v) is 4.82. The zero-order chi connectivity index (χ0) is 8.97. The molecule has 0 aromatic rings. The van der Waals surface area contributed by atoms with Crippen LogP contribution < -0.4 is 0 Å². The van der Waals surface area contributed by atoms with Crippen LogP contribution in [0.1, 0.15) is 40.0 Å². The van der Waals surface area contributed by atoms with Gasteiger partial charge in [-0.25, -0.2) is 0 Å². The van der Waals surface area contributed by atoms with Crippen LogP contribution in [0, 0.1) is 0 Å². The molecule has 0 saturated heterocycles. The molecule has 0 aliphatic heterocycles.